The van der Waals surface area contributed by atoms with Gasteiger partial charge in [-0.3, -0.25) is 25.1 Å². The fourth-order valence-corrected chi connectivity index (χ4v) is 5.41. The van der Waals surface area contributed by atoms with Crippen LogP contribution in [-0.4, -0.2) is 64.2 Å². The van der Waals surface area contributed by atoms with Crippen LogP contribution < -0.4 is 14.8 Å². The minimum atomic E-state index is -4.51. The van der Waals surface area contributed by atoms with Gasteiger partial charge in [-0.25, -0.2) is 17.8 Å². The molecule has 0 saturated carbocycles. The normalized spacial score (nSPS) is 14.0. The molecule has 1 aliphatic rings. The summed E-state index contributed by atoms with van der Waals surface area (Å²) >= 11 is 0. The number of nitro benzene ring substituents is 2. The summed E-state index contributed by atoms with van der Waals surface area (Å²) in [5, 5.41) is 29.3. The van der Waals surface area contributed by atoms with Crippen molar-refractivity contribution in [2.75, 3.05) is 36.3 Å². The van der Waals surface area contributed by atoms with Crippen molar-refractivity contribution >= 4 is 33.3 Å². The summed E-state index contributed by atoms with van der Waals surface area (Å²) in [6.45, 7) is 4.06. The molecule has 15 nitrogen and oxygen atoms in total. The van der Waals surface area contributed by atoms with E-state index < -0.39 is 36.1 Å². The largest absolute Gasteiger partial charge is 0.494 e. The van der Waals surface area contributed by atoms with E-state index in [1.165, 1.54) is 29.5 Å². The number of aryl methyl sites for hydroxylation is 1. The molecule has 3 aromatic rings. The van der Waals surface area contributed by atoms with Gasteiger partial charge in [0, 0.05) is 26.2 Å². The molecule has 2 N–H and O–H groups in total. The third-order valence-electron chi connectivity index (χ3n) is 6.25. The molecule has 2 aromatic carbocycles. The average molecular weight is 575 g/mol. The highest BCUT2D eigenvalue weighted by molar-refractivity contribution is 7.92. The van der Waals surface area contributed by atoms with Gasteiger partial charge in [0.15, 0.2) is 4.90 Å². The number of ether oxygens (including phenoxy) is 1. The van der Waals surface area contributed by atoms with Crippen LogP contribution in [0, 0.1) is 20.2 Å². The smallest absolute Gasteiger partial charge is 0.296 e. The van der Waals surface area contributed by atoms with Gasteiger partial charge in [0.05, 0.1) is 22.5 Å². The highest BCUT2D eigenvalue weighted by atomic mass is 32.2. The fraction of sp³-hybridized carbons (Fsp3) is 0.417. The van der Waals surface area contributed by atoms with Crippen molar-refractivity contribution < 1.29 is 23.0 Å². The number of nitrogens with zero attached hydrogens (tertiary/aromatic N) is 6. The van der Waals surface area contributed by atoms with E-state index in [1.54, 1.807) is 7.05 Å². The topological polar surface area (TPSA) is 188 Å². The Bertz CT molecular complexity index is 1470. The Morgan fingerprint density at radius 1 is 1.05 bits per heavy atom. The maximum absolute atomic E-state index is 12.8. The monoisotopic (exact) mass is 574 g/mol. The average Bonchev–Trinajstić information content (AvgIpc) is 3.26. The van der Waals surface area contributed by atoms with Gasteiger partial charge in [-0.1, -0.05) is 18.6 Å². The number of nitro groups is 2. The molecular weight excluding hydrogens is 544 g/mol. The quantitative estimate of drug-likeness (QED) is 0.173. The zero-order chi connectivity index (χ0) is 28.7. The minimum absolute atomic E-state index is 0.263. The van der Waals surface area contributed by atoms with E-state index in [0.29, 0.717) is 25.6 Å². The van der Waals surface area contributed by atoms with Crippen LogP contribution in [0.5, 0.6) is 5.75 Å². The molecule has 0 bridgehead atoms. The van der Waals surface area contributed by atoms with E-state index in [0.717, 1.165) is 37.5 Å². The van der Waals surface area contributed by atoms with Crippen LogP contribution >= 0.6 is 0 Å². The highest BCUT2D eigenvalue weighted by Gasteiger charge is 2.29. The summed E-state index contributed by atoms with van der Waals surface area (Å²) in [6, 6.07) is 10.3. The minimum Gasteiger partial charge on any atom is -0.494 e. The molecule has 0 atom stereocenters. The van der Waals surface area contributed by atoms with Crippen molar-refractivity contribution in [3.8, 4) is 5.75 Å². The fourth-order valence-electron chi connectivity index (χ4n) is 4.32. The Kier molecular flexibility index (Phi) is 9.11. The van der Waals surface area contributed by atoms with Crippen molar-refractivity contribution in [3.63, 3.8) is 0 Å². The van der Waals surface area contributed by atoms with Crippen LogP contribution in [0.3, 0.4) is 0 Å². The summed E-state index contributed by atoms with van der Waals surface area (Å²) in [5.74, 6) is 0.740. The van der Waals surface area contributed by atoms with Crippen LogP contribution in [0.25, 0.3) is 0 Å². The number of benzene rings is 2. The first-order valence-corrected chi connectivity index (χ1v) is 14.2. The SMILES string of the molecule is Cn1nc(NS(=O)(=O)c2ccc([N+](=O)[O-])cc2[N+](=O)[O-])nc1NCCCOc1cccc(CN2CCCCC2)c1. The number of sulfonamides is 1. The second-order valence-electron chi connectivity index (χ2n) is 9.27. The molecule has 4 rings (SSSR count). The zero-order valence-electron chi connectivity index (χ0n) is 21.9. The van der Waals surface area contributed by atoms with Crippen molar-refractivity contribution in [2.45, 2.75) is 37.1 Å². The molecule has 40 heavy (non-hydrogen) atoms. The molecule has 0 amide bonds. The lowest BCUT2D eigenvalue weighted by molar-refractivity contribution is -0.396. The first-order valence-electron chi connectivity index (χ1n) is 12.7. The Balaban J connectivity index is 1.29. The van der Waals surface area contributed by atoms with Gasteiger partial charge in [-0.05, 0) is 56.1 Å². The molecule has 2 heterocycles. The summed E-state index contributed by atoms with van der Waals surface area (Å²) < 4.78 is 34.9. The Morgan fingerprint density at radius 2 is 1.82 bits per heavy atom. The number of piperidine rings is 1. The molecular formula is C24H30N8O7S. The molecule has 1 aromatic heterocycles. The van der Waals surface area contributed by atoms with E-state index in [1.807, 2.05) is 12.1 Å². The van der Waals surface area contributed by atoms with Crippen LogP contribution in [0.1, 0.15) is 31.2 Å². The van der Waals surface area contributed by atoms with Crippen molar-refractivity contribution in [2.24, 2.45) is 7.05 Å². The lowest BCUT2D eigenvalue weighted by Gasteiger charge is -2.26. The van der Waals surface area contributed by atoms with E-state index in [9.17, 15) is 28.6 Å². The Morgan fingerprint density at radius 3 is 2.55 bits per heavy atom. The van der Waals surface area contributed by atoms with E-state index in [-0.39, 0.29) is 11.9 Å². The standard InChI is InChI=1S/C24H30N8O7S/c1-29-24(25-11-6-14-39-20-8-5-7-18(15-20)17-30-12-3-2-4-13-30)26-23(27-29)28-40(37,38)22-10-9-19(31(33)34)16-21(22)32(35)36/h5,7-10,15-16H,2-4,6,11-14,17H2,1H3,(H2,25,26,27,28). The summed E-state index contributed by atoms with van der Waals surface area (Å²) in [4.78, 5) is 26.2. The van der Waals surface area contributed by atoms with Crippen molar-refractivity contribution in [1.82, 2.24) is 19.7 Å². The number of rotatable bonds is 13. The lowest BCUT2D eigenvalue weighted by atomic mass is 10.1. The molecule has 1 aliphatic heterocycles. The van der Waals surface area contributed by atoms with Gasteiger partial charge in [0.1, 0.15) is 5.75 Å². The number of hydrogen-bond donors (Lipinski definition) is 2. The lowest BCUT2D eigenvalue weighted by Crippen LogP contribution is -2.29. The molecule has 214 valence electrons. The van der Waals surface area contributed by atoms with Crippen LogP contribution in [0.15, 0.2) is 47.4 Å². The van der Waals surface area contributed by atoms with Gasteiger partial charge in [-0.15, -0.1) is 5.10 Å². The molecule has 0 radical (unpaired) electrons. The molecule has 0 spiro atoms. The van der Waals surface area contributed by atoms with Gasteiger partial charge < -0.3 is 10.1 Å². The Labute approximate surface area is 230 Å². The number of likely N-dealkylation sites (tertiary alicyclic amines) is 1. The number of anilines is 2. The number of hydrogen-bond acceptors (Lipinski definition) is 11. The maximum atomic E-state index is 12.8. The van der Waals surface area contributed by atoms with Gasteiger partial charge in [0.2, 0.25) is 5.95 Å². The predicted molar refractivity (Wildman–Crippen MR) is 146 cm³/mol. The molecule has 1 saturated heterocycles. The van der Waals surface area contributed by atoms with Gasteiger partial charge >= 0.3 is 0 Å². The highest BCUT2D eigenvalue weighted by Crippen LogP contribution is 2.29. The van der Waals surface area contributed by atoms with Gasteiger partial charge in [0.25, 0.3) is 27.3 Å². The first kappa shape index (κ1) is 28.7. The Hall–Kier alpha value is -4.31. The second-order valence-corrected chi connectivity index (χ2v) is 10.9. The summed E-state index contributed by atoms with van der Waals surface area (Å²) in [6.07, 6.45) is 4.40. The molecule has 0 unspecified atom stereocenters. The van der Waals surface area contributed by atoms with Crippen LogP contribution in [0.2, 0.25) is 0 Å². The number of non-ortho nitro benzene ring substituents is 1. The number of nitrogens with one attached hydrogen (secondary N) is 2. The maximum Gasteiger partial charge on any atom is 0.296 e. The first-order chi connectivity index (χ1) is 19.1. The van der Waals surface area contributed by atoms with Gasteiger partial charge in [-0.2, -0.15) is 4.98 Å². The second kappa shape index (κ2) is 12.7. The molecule has 1 fully saturated rings. The summed E-state index contributed by atoms with van der Waals surface area (Å²) in [7, 11) is -2.96. The van der Waals surface area contributed by atoms with E-state index >= 15 is 0 Å². The summed E-state index contributed by atoms with van der Waals surface area (Å²) in [5.41, 5.74) is -0.333. The van der Waals surface area contributed by atoms with E-state index in [2.05, 4.69) is 37.2 Å². The van der Waals surface area contributed by atoms with E-state index in [4.69, 9.17) is 4.74 Å². The predicted octanol–water partition coefficient (Wildman–Crippen LogP) is 3.30. The third kappa shape index (κ3) is 7.41. The van der Waals surface area contributed by atoms with Crippen LogP contribution in [0.4, 0.5) is 23.3 Å². The van der Waals surface area contributed by atoms with Crippen molar-refractivity contribution in [3.05, 3.63) is 68.3 Å². The number of aromatic nitrogens is 3. The van der Waals surface area contributed by atoms with Crippen LogP contribution in [-0.2, 0) is 23.6 Å². The molecule has 16 heteroatoms. The third-order valence-corrected chi connectivity index (χ3v) is 7.63. The van der Waals surface area contributed by atoms with Crippen molar-refractivity contribution in [1.29, 1.82) is 0 Å². The molecule has 0 aliphatic carbocycles. The zero-order valence-corrected chi connectivity index (χ0v) is 22.7.